The number of nitrogen functional groups attached to an aromatic ring is 2. The first-order chi connectivity index (χ1) is 14.3. The summed E-state index contributed by atoms with van der Waals surface area (Å²) in [5.41, 5.74) is 11.4. The van der Waals surface area contributed by atoms with Crippen LogP contribution in [0.25, 0.3) is 16.6 Å². The van der Waals surface area contributed by atoms with Gasteiger partial charge in [0.25, 0.3) is 5.56 Å². The van der Waals surface area contributed by atoms with E-state index in [2.05, 4.69) is 30.5 Å². The van der Waals surface area contributed by atoms with Crippen molar-refractivity contribution in [2.75, 3.05) is 16.8 Å². The second-order valence-electron chi connectivity index (χ2n) is 6.32. The summed E-state index contributed by atoms with van der Waals surface area (Å²) in [6, 6.07) is 1.90. The molecule has 0 aliphatic carbocycles. The molecule has 0 bridgehead atoms. The van der Waals surface area contributed by atoms with Gasteiger partial charge in [0.15, 0.2) is 5.82 Å². The van der Waals surface area contributed by atoms with E-state index in [-0.39, 0.29) is 44.4 Å². The van der Waals surface area contributed by atoms with E-state index in [0.29, 0.717) is 5.69 Å². The zero-order valence-corrected chi connectivity index (χ0v) is 16.8. The van der Waals surface area contributed by atoms with Gasteiger partial charge in [0.1, 0.15) is 22.5 Å². The Hall–Kier alpha value is -3.44. The molecule has 13 heteroatoms. The Balaban J connectivity index is 1.93. The summed E-state index contributed by atoms with van der Waals surface area (Å²) in [5, 5.41) is 9.23. The van der Waals surface area contributed by atoms with E-state index in [1.165, 1.54) is 23.0 Å². The van der Waals surface area contributed by atoms with Crippen LogP contribution in [0.1, 0.15) is 18.8 Å². The number of nitrogens with zero attached hydrogens (tertiary/aromatic N) is 5. The predicted octanol–water partition coefficient (Wildman–Crippen LogP) is 2.68. The molecule has 0 radical (unpaired) electrons. The highest BCUT2D eigenvalue weighted by molar-refractivity contribution is 6.35. The lowest BCUT2D eigenvalue weighted by Crippen LogP contribution is -2.27. The van der Waals surface area contributed by atoms with E-state index in [4.69, 9.17) is 34.7 Å². The van der Waals surface area contributed by atoms with Crippen LogP contribution >= 0.6 is 23.2 Å². The standard InChI is InChI=1S/C17H14Cl2FN9O/c1-6(25-14-12(19)13(21)27-17(22)28-14)15-26-9-3-2-8(20)11(18)10(9)16(30)29(15)7-4-23-24-5-7/h2-6H,1H3,(H,23,24)(H5,21,22,25,27,28)/t6-/m0/s1. The maximum absolute atomic E-state index is 14.0. The van der Waals surface area contributed by atoms with Crippen molar-refractivity contribution in [3.63, 3.8) is 0 Å². The molecule has 0 aliphatic rings. The Kier molecular flexibility index (Phi) is 4.92. The molecule has 0 amide bonds. The zero-order valence-electron chi connectivity index (χ0n) is 15.3. The average molecular weight is 450 g/mol. The summed E-state index contributed by atoms with van der Waals surface area (Å²) < 4.78 is 15.2. The molecular formula is C17H14Cl2FN9O. The maximum Gasteiger partial charge on any atom is 0.267 e. The number of rotatable bonds is 4. The number of aromatic amines is 1. The number of nitrogens with one attached hydrogen (secondary N) is 2. The van der Waals surface area contributed by atoms with E-state index in [9.17, 15) is 9.18 Å². The summed E-state index contributed by atoms with van der Waals surface area (Å²) >= 11 is 12.2. The number of halogens is 3. The second kappa shape index (κ2) is 7.43. The van der Waals surface area contributed by atoms with Crippen LogP contribution in [-0.2, 0) is 0 Å². The molecule has 154 valence electrons. The Bertz CT molecular complexity index is 1320. The Morgan fingerprint density at radius 1 is 1.20 bits per heavy atom. The quantitative estimate of drug-likeness (QED) is 0.370. The molecule has 30 heavy (non-hydrogen) atoms. The average Bonchev–Trinajstić information content (AvgIpc) is 3.22. The Labute approximate surface area is 178 Å². The molecule has 4 aromatic rings. The number of hydrogen-bond acceptors (Lipinski definition) is 8. The second-order valence-corrected chi connectivity index (χ2v) is 7.07. The molecule has 0 fully saturated rings. The van der Waals surface area contributed by atoms with Gasteiger partial charge in [-0.05, 0) is 19.1 Å². The number of anilines is 3. The van der Waals surface area contributed by atoms with Gasteiger partial charge in [0, 0.05) is 6.20 Å². The van der Waals surface area contributed by atoms with Gasteiger partial charge in [0.05, 0.1) is 33.9 Å². The van der Waals surface area contributed by atoms with Crippen LogP contribution in [-0.4, -0.2) is 29.7 Å². The fourth-order valence-corrected chi connectivity index (χ4v) is 3.36. The molecule has 0 spiro atoms. The smallest absolute Gasteiger partial charge is 0.267 e. The molecule has 1 aromatic carbocycles. The first-order valence-corrected chi connectivity index (χ1v) is 9.28. The molecule has 10 nitrogen and oxygen atoms in total. The molecule has 0 aliphatic heterocycles. The normalized spacial score (nSPS) is 12.3. The highest BCUT2D eigenvalue weighted by atomic mass is 35.5. The molecule has 4 rings (SSSR count). The topological polar surface area (TPSA) is 153 Å². The van der Waals surface area contributed by atoms with Gasteiger partial charge in [-0.25, -0.2) is 9.37 Å². The molecule has 0 saturated carbocycles. The number of fused-ring (bicyclic) bond motifs is 1. The van der Waals surface area contributed by atoms with Gasteiger partial charge < -0.3 is 16.8 Å². The summed E-state index contributed by atoms with van der Waals surface area (Å²) in [6.07, 6.45) is 2.91. The van der Waals surface area contributed by atoms with Gasteiger partial charge in [-0.15, -0.1) is 0 Å². The molecule has 0 saturated heterocycles. The van der Waals surface area contributed by atoms with Crippen molar-refractivity contribution in [3.8, 4) is 5.69 Å². The van der Waals surface area contributed by atoms with Crippen molar-refractivity contribution < 1.29 is 4.39 Å². The van der Waals surface area contributed by atoms with Gasteiger partial charge in [-0.2, -0.15) is 15.1 Å². The van der Waals surface area contributed by atoms with E-state index in [1.807, 2.05) is 0 Å². The number of aromatic nitrogens is 6. The van der Waals surface area contributed by atoms with Crippen LogP contribution in [0.15, 0.2) is 29.3 Å². The van der Waals surface area contributed by atoms with Crippen molar-refractivity contribution in [2.24, 2.45) is 0 Å². The molecule has 6 N–H and O–H groups in total. The first-order valence-electron chi connectivity index (χ1n) is 8.52. The highest BCUT2D eigenvalue weighted by Crippen LogP contribution is 2.30. The van der Waals surface area contributed by atoms with Crippen molar-refractivity contribution >= 4 is 51.7 Å². The van der Waals surface area contributed by atoms with Crippen molar-refractivity contribution in [1.82, 2.24) is 29.7 Å². The minimum Gasteiger partial charge on any atom is -0.382 e. The minimum atomic E-state index is -0.723. The van der Waals surface area contributed by atoms with Crippen LogP contribution < -0.4 is 22.3 Å². The number of nitrogens with two attached hydrogens (primary N) is 2. The number of H-pyrrole nitrogens is 1. The first kappa shape index (κ1) is 19.9. The van der Waals surface area contributed by atoms with E-state index in [1.54, 1.807) is 6.92 Å². The Morgan fingerprint density at radius 3 is 2.67 bits per heavy atom. The summed E-state index contributed by atoms with van der Waals surface area (Å²) in [5.74, 6) is -0.366. The molecule has 0 unspecified atom stereocenters. The minimum absolute atomic E-state index is 0.000167. The van der Waals surface area contributed by atoms with Gasteiger partial charge >= 0.3 is 0 Å². The lowest BCUT2D eigenvalue weighted by atomic mass is 10.2. The van der Waals surface area contributed by atoms with E-state index >= 15 is 0 Å². The zero-order chi connectivity index (χ0) is 21.6. The third kappa shape index (κ3) is 3.27. The van der Waals surface area contributed by atoms with Crippen molar-refractivity contribution in [3.05, 3.63) is 56.6 Å². The fourth-order valence-electron chi connectivity index (χ4n) is 2.98. The summed E-state index contributed by atoms with van der Waals surface area (Å²) in [4.78, 5) is 25.6. The maximum atomic E-state index is 14.0. The monoisotopic (exact) mass is 449 g/mol. The molecular weight excluding hydrogens is 436 g/mol. The largest absolute Gasteiger partial charge is 0.382 e. The van der Waals surface area contributed by atoms with E-state index in [0.717, 1.165) is 6.07 Å². The highest BCUT2D eigenvalue weighted by Gasteiger charge is 2.22. The predicted molar refractivity (Wildman–Crippen MR) is 112 cm³/mol. The van der Waals surface area contributed by atoms with Gasteiger partial charge in [-0.3, -0.25) is 14.5 Å². The van der Waals surface area contributed by atoms with Crippen LogP contribution in [0, 0.1) is 5.82 Å². The molecule has 3 aromatic heterocycles. The SMILES string of the molecule is C[C@H](Nc1nc(N)nc(N)c1Cl)c1nc2ccc(F)c(Cl)c2c(=O)n1-c1cn[nH]c1. The molecule has 3 heterocycles. The summed E-state index contributed by atoms with van der Waals surface area (Å²) in [7, 11) is 0. The van der Waals surface area contributed by atoms with Crippen LogP contribution in [0.4, 0.5) is 22.0 Å². The van der Waals surface area contributed by atoms with Crippen molar-refractivity contribution in [2.45, 2.75) is 13.0 Å². The lowest BCUT2D eigenvalue weighted by Gasteiger charge is -2.20. The third-order valence-electron chi connectivity index (χ3n) is 4.33. The number of hydrogen-bond donors (Lipinski definition) is 4. The number of benzene rings is 1. The summed E-state index contributed by atoms with van der Waals surface area (Å²) in [6.45, 7) is 1.72. The lowest BCUT2D eigenvalue weighted by molar-refractivity contribution is 0.629. The van der Waals surface area contributed by atoms with Crippen LogP contribution in [0.5, 0.6) is 0 Å². The van der Waals surface area contributed by atoms with Crippen molar-refractivity contribution in [1.29, 1.82) is 0 Å². The fraction of sp³-hybridized carbons (Fsp3) is 0.118. The Morgan fingerprint density at radius 2 is 1.97 bits per heavy atom. The van der Waals surface area contributed by atoms with Crippen LogP contribution in [0.3, 0.4) is 0 Å². The van der Waals surface area contributed by atoms with E-state index < -0.39 is 17.4 Å². The van der Waals surface area contributed by atoms with Gasteiger partial charge in [-0.1, -0.05) is 23.2 Å². The molecule has 1 atom stereocenters. The third-order valence-corrected chi connectivity index (χ3v) is 5.07. The van der Waals surface area contributed by atoms with Crippen LogP contribution in [0.2, 0.25) is 10.0 Å². The van der Waals surface area contributed by atoms with Gasteiger partial charge in [0.2, 0.25) is 5.95 Å².